The number of nitrogens with zero attached hydrogens (tertiary/aromatic N) is 3. The predicted octanol–water partition coefficient (Wildman–Crippen LogP) is 3.17. The first-order chi connectivity index (χ1) is 14.7. The van der Waals surface area contributed by atoms with Crippen LogP contribution in [0.5, 0.6) is 0 Å². The van der Waals surface area contributed by atoms with Crippen LogP contribution in [0.2, 0.25) is 10.0 Å². The molecule has 0 spiro atoms. The number of piperidine rings is 1. The average Bonchev–Trinajstić information content (AvgIpc) is 3.64. The van der Waals surface area contributed by atoms with E-state index in [2.05, 4.69) is 31.4 Å². The van der Waals surface area contributed by atoms with Crippen molar-refractivity contribution in [3.63, 3.8) is 0 Å². The Morgan fingerprint density at radius 2 is 1.53 bits per heavy atom. The van der Waals surface area contributed by atoms with Crippen molar-refractivity contribution in [3.8, 4) is 0 Å². The van der Waals surface area contributed by atoms with E-state index in [1.165, 1.54) is 51.0 Å². The second kappa shape index (κ2) is 11.3. The van der Waals surface area contributed by atoms with Gasteiger partial charge in [0.25, 0.3) is 0 Å². The van der Waals surface area contributed by atoms with Gasteiger partial charge < -0.3 is 20.4 Å². The molecule has 5 nitrogen and oxygen atoms in total. The predicted molar refractivity (Wildman–Crippen MR) is 128 cm³/mol. The molecule has 1 aromatic carbocycles. The third-order valence-electron chi connectivity index (χ3n) is 6.73. The van der Waals surface area contributed by atoms with Crippen LogP contribution in [0.15, 0.2) is 18.2 Å². The first-order valence-electron chi connectivity index (χ1n) is 11.8. The molecule has 1 unspecified atom stereocenters. The molecule has 0 amide bonds. The van der Waals surface area contributed by atoms with Gasteiger partial charge in [0.2, 0.25) is 0 Å². The Bertz CT molecular complexity index is 645. The smallest absolute Gasteiger partial charge is 0.0612 e. The summed E-state index contributed by atoms with van der Waals surface area (Å²) in [4.78, 5) is 7.84. The van der Waals surface area contributed by atoms with E-state index in [0.717, 1.165) is 64.3 Å². The van der Waals surface area contributed by atoms with Crippen LogP contribution < -0.4 is 15.5 Å². The first-order valence-corrected chi connectivity index (χ1v) is 12.5. The van der Waals surface area contributed by atoms with Crippen molar-refractivity contribution in [2.24, 2.45) is 5.92 Å². The highest BCUT2D eigenvalue weighted by atomic mass is 35.5. The quantitative estimate of drug-likeness (QED) is 0.731. The molecule has 2 N–H and O–H groups in total. The summed E-state index contributed by atoms with van der Waals surface area (Å²) in [5.74, 6) is 0.871. The van der Waals surface area contributed by atoms with Gasteiger partial charge in [-0.15, -0.1) is 0 Å². The normalized spacial score (nSPS) is 26.2. The molecule has 7 heteroatoms. The third kappa shape index (κ3) is 6.72. The summed E-state index contributed by atoms with van der Waals surface area (Å²) in [6, 6.07) is 6.91. The van der Waals surface area contributed by atoms with Gasteiger partial charge in [0, 0.05) is 77.2 Å². The molecule has 3 aliphatic heterocycles. The largest absolute Gasteiger partial charge is 0.369 e. The Morgan fingerprint density at radius 1 is 0.833 bits per heavy atom. The molecule has 1 aromatic rings. The number of halogens is 2. The fraction of sp³-hybridized carbons (Fsp3) is 0.739. The highest BCUT2D eigenvalue weighted by molar-refractivity contribution is 6.42. The molecule has 1 aliphatic carbocycles. The minimum Gasteiger partial charge on any atom is -0.369 e. The molecular formula is C23H37Cl2N5. The second-order valence-electron chi connectivity index (χ2n) is 9.12. The monoisotopic (exact) mass is 453 g/mol. The topological polar surface area (TPSA) is 33.8 Å². The van der Waals surface area contributed by atoms with Crippen LogP contribution in [0.3, 0.4) is 0 Å². The fourth-order valence-electron chi connectivity index (χ4n) is 4.86. The minimum absolute atomic E-state index is 0.636. The maximum atomic E-state index is 6.16. The molecule has 1 saturated carbocycles. The summed E-state index contributed by atoms with van der Waals surface area (Å²) in [7, 11) is 0. The van der Waals surface area contributed by atoms with Crippen LogP contribution in [0, 0.1) is 5.92 Å². The Balaban J connectivity index is 0.000000313. The van der Waals surface area contributed by atoms with Crippen molar-refractivity contribution in [1.29, 1.82) is 0 Å². The molecule has 5 rings (SSSR count). The van der Waals surface area contributed by atoms with Gasteiger partial charge in [-0.2, -0.15) is 0 Å². The van der Waals surface area contributed by atoms with Crippen LogP contribution in [0.4, 0.5) is 5.69 Å². The van der Waals surface area contributed by atoms with Crippen molar-refractivity contribution in [2.75, 3.05) is 76.9 Å². The maximum Gasteiger partial charge on any atom is 0.0612 e. The number of likely N-dealkylation sites (tertiary alicyclic amines) is 1. The number of benzene rings is 1. The van der Waals surface area contributed by atoms with E-state index >= 15 is 0 Å². The minimum atomic E-state index is 0.636. The summed E-state index contributed by atoms with van der Waals surface area (Å²) >= 11 is 12.2. The highest BCUT2D eigenvalue weighted by Gasteiger charge is 2.33. The Kier molecular flexibility index (Phi) is 8.56. The van der Waals surface area contributed by atoms with Gasteiger partial charge in [0.1, 0.15) is 0 Å². The molecule has 4 fully saturated rings. The molecule has 30 heavy (non-hydrogen) atoms. The van der Waals surface area contributed by atoms with E-state index in [9.17, 15) is 0 Å². The lowest BCUT2D eigenvalue weighted by atomic mass is 9.97. The summed E-state index contributed by atoms with van der Waals surface area (Å²) in [6.45, 7) is 13.0. The summed E-state index contributed by atoms with van der Waals surface area (Å²) < 4.78 is 0. The van der Waals surface area contributed by atoms with E-state index in [1.54, 1.807) is 0 Å². The Labute approximate surface area is 192 Å². The van der Waals surface area contributed by atoms with E-state index in [0.29, 0.717) is 10.0 Å². The Hall–Kier alpha value is -0.560. The summed E-state index contributed by atoms with van der Waals surface area (Å²) in [5.41, 5.74) is 1.20. The maximum absolute atomic E-state index is 6.16. The number of rotatable bonds is 4. The number of anilines is 1. The van der Waals surface area contributed by atoms with Gasteiger partial charge in [-0.3, -0.25) is 4.90 Å². The van der Waals surface area contributed by atoms with E-state index in [1.807, 2.05) is 12.1 Å². The van der Waals surface area contributed by atoms with Crippen molar-refractivity contribution in [1.82, 2.24) is 20.4 Å². The highest BCUT2D eigenvalue weighted by Crippen LogP contribution is 2.31. The van der Waals surface area contributed by atoms with E-state index < -0.39 is 0 Å². The fourth-order valence-corrected chi connectivity index (χ4v) is 5.15. The summed E-state index contributed by atoms with van der Waals surface area (Å²) in [5, 5.41) is 7.73. The van der Waals surface area contributed by atoms with Crippen molar-refractivity contribution in [3.05, 3.63) is 28.2 Å². The van der Waals surface area contributed by atoms with Crippen LogP contribution >= 0.6 is 23.2 Å². The lowest BCUT2D eigenvalue weighted by Crippen LogP contribution is -2.49. The number of hydrogen-bond acceptors (Lipinski definition) is 5. The van der Waals surface area contributed by atoms with Gasteiger partial charge in [0.15, 0.2) is 0 Å². The molecule has 3 heterocycles. The van der Waals surface area contributed by atoms with Crippen molar-refractivity contribution in [2.45, 2.75) is 31.7 Å². The third-order valence-corrected chi connectivity index (χ3v) is 7.47. The van der Waals surface area contributed by atoms with Gasteiger partial charge in [-0.05, 0) is 56.3 Å². The first kappa shape index (κ1) is 22.6. The molecule has 168 valence electrons. The van der Waals surface area contributed by atoms with Crippen LogP contribution in [0.1, 0.15) is 25.7 Å². The summed E-state index contributed by atoms with van der Waals surface area (Å²) in [6.07, 6.45) is 5.69. The van der Waals surface area contributed by atoms with E-state index in [-0.39, 0.29) is 0 Å². The zero-order valence-electron chi connectivity index (χ0n) is 18.1. The van der Waals surface area contributed by atoms with Crippen LogP contribution in [-0.4, -0.2) is 87.8 Å². The molecule has 0 aromatic heterocycles. The molecule has 4 aliphatic rings. The standard InChI is InChI=1S/C19H27Cl2N3.C4H10N2/c20-18-6-5-17(12-19(18)21)23-10-8-22(9-11-23)13-15-2-1-7-24(14-15)16-3-4-16;1-2-6-4-3-5-1/h5-6,12,15-16H,1-4,7-11,13-14H2;5-6H,1-4H2. The average molecular weight is 454 g/mol. The van der Waals surface area contributed by atoms with E-state index in [4.69, 9.17) is 23.2 Å². The second-order valence-corrected chi connectivity index (χ2v) is 9.93. The van der Waals surface area contributed by atoms with Gasteiger partial charge >= 0.3 is 0 Å². The van der Waals surface area contributed by atoms with Crippen LogP contribution in [-0.2, 0) is 0 Å². The molecule has 1 atom stereocenters. The number of hydrogen-bond donors (Lipinski definition) is 2. The van der Waals surface area contributed by atoms with Gasteiger partial charge in [0.05, 0.1) is 10.0 Å². The number of piperazine rings is 2. The van der Waals surface area contributed by atoms with Gasteiger partial charge in [-0.25, -0.2) is 0 Å². The molecule has 3 saturated heterocycles. The van der Waals surface area contributed by atoms with Gasteiger partial charge in [-0.1, -0.05) is 23.2 Å². The van der Waals surface area contributed by atoms with Crippen molar-refractivity contribution < 1.29 is 0 Å². The number of nitrogens with one attached hydrogen (secondary N) is 2. The van der Waals surface area contributed by atoms with Crippen LogP contribution in [0.25, 0.3) is 0 Å². The molecule has 0 radical (unpaired) electrons. The SMILES string of the molecule is C1CNCCN1.Clc1ccc(N2CCN(CC3CCCN(C4CC4)C3)CC2)cc1Cl. The molecular weight excluding hydrogens is 417 g/mol. The zero-order chi connectivity index (χ0) is 20.8. The lowest BCUT2D eigenvalue weighted by Gasteiger charge is -2.40. The lowest BCUT2D eigenvalue weighted by molar-refractivity contribution is 0.124. The van der Waals surface area contributed by atoms with Crippen molar-refractivity contribution >= 4 is 28.9 Å². The zero-order valence-corrected chi connectivity index (χ0v) is 19.6. The molecule has 0 bridgehead atoms. The Morgan fingerprint density at radius 3 is 2.13 bits per heavy atom.